The summed E-state index contributed by atoms with van der Waals surface area (Å²) in [7, 11) is -0.382. The minimum Gasteiger partial charge on any atom is -0.399 e. The number of para-hydroxylation sites is 1. The molecule has 2 aromatic carbocycles. The van der Waals surface area contributed by atoms with Crippen molar-refractivity contribution in [3.8, 4) is 11.4 Å². The summed E-state index contributed by atoms with van der Waals surface area (Å²) < 4.78 is 14.6. The van der Waals surface area contributed by atoms with Crippen LogP contribution in [0, 0.1) is 0 Å². The van der Waals surface area contributed by atoms with Gasteiger partial charge in [-0.2, -0.15) is 0 Å². The molecule has 1 aliphatic carbocycles. The fourth-order valence-corrected chi connectivity index (χ4v) is 4.47. The molecule has 0 N–H and O–H groups in total. The molecule has 1 aliphatic heterocycles. The Kier molecular flexibility index (Phi) is 4.41. The monoisotopic (exact) mass is 435 g/mol. The van der Waals surface area contributed by atoms with E-state index < -0.39 is 0 Å². The molecule has 33 heavy (non-hydrogen) atoms. The smallest absolute Gasteiger partial charge is 0.399 e. The van der Waals surface area contributed by atoms with Crippen molar-refractivity contribution >= 4 is 41.3 Å². The van der Waals surface area contributed by atoms with Gasteiger partial charge in [0.2, 0.25) is 0 Å². The Labute approximate surface area is 193 Å². The zero-order chi connectivity index (χ0) is 22.8. The first kappa shape index (κ1) is 20.4. The van der Waals surface area contributed by atoms with Crippen LogP contribution in [0.15, 0.2) is 60.7 Å². The summed E-state index contributed by atoms with van der Waals surface area (Å²) >= 11 is 0. The van der Waals surface area contributed by atoms with Crippen molar-refractivity contribution in [2.45, 2.75) is 45.3 Å². The molecule has 6 rings (SSSR count). The van der Waals surface area contributed by atoms with E-state index >= 15 is 0 Å². The molecule has 0 bridgehead atoms. The Morgan fingerprint density at radius 3 is 2.39 bits per heavy atom. The molecule has 0 spiro atoms. The van der Waals surface area contributed by atoms with Crippen LogP contribution in [0.3, 0.4) is 0 Å². The summed E-state index contributed by atoms with van der Waals surface area (Å²) in [5.41, 5.74) is 3.16. The average molecular weight is 435 g/mol. The molecule has 6 heteroatoms. The zero-order valence-corrected chi connectivity index (χ0v) is 19.4. The second-order valence-electron chi connectivity index (χ2n) is 9.74. The fraction of sp³-hybridized carbons (Fsp3) is 0.259. The molecule has 0 unspecified atom stereocenters. The van der Waals surface area contributed by atoms with Crippen LogP contribution >= 0.6 is 0 Å². The van der Waals surface area contributed by atoms with Crippen LogP contribution in [0.1, 0.15) is 34.1 Å². The first-order chi connectivity index (χ1) is 15.8. The zero-order valence-electron chi connectivity index (χ0n) is 19.4. The highest BCUT2D eigenvalue weighted by atomic mass is 16.7. The lowest BCUT2D eigenvalue weighted by Crippen LogP contribution is -2.41. The molecule has 0 saturated carbocycles. The highest BCUT2D eigenvalue weighted by molar-refractivity contribution is 6.62. The molecule has 3 heterocycles. The lowest BCUT2D eigenvalue weighted by atomic mass is 9.79. The summed E-state index contributed by atoms with van der Waals surface area (Å²) in [5.74, 6) is 0.879. The van der Waals surface area contributed by atoms with Gasteiger partial charge in [0, 0.05) is 10.9 Å². The van der Waals surface area contributed by atoms with Crippen molar-refractivity contribution in [3.05, 3.63) is 71.4 Å². The van der Waals surface area contributed by atoms with Crippen LogP contribution in [0.25, 0.3) is 40.1 Å². The maximum atomic E-state index is 6.23. The van der Waals surface area contributed by atoms with Gasteiger partial charge in [-0.05, 0) is 57.8 Å². The standard InChI is InChI=1S/C27H26BN3O2/c1-26(2)27(3,4)33-28(32-26)19-16-14-18(15-17-19)24-29-21-11-9-8-10-20(21)25-30-22-12-6-5-7-13-23(22)31(24)25/h5-6,8-17H,7H2,1-4H3. The number of rotatable bonds is 2. The average Bonchev–Trinajstić information content (AvgIpc) is 3.14. The van der Waals surface area contributed by atoms with Gasteiger partial charge in [-0.3, -0.25) is 4.40 Å². The molecule has 0 radical (unpaired) electrons. The second kappa shape index (κ2) is 7.14. The van der Waals surface area contributed by atoms with Gasteiger partial charge in [0.25, 0.3) is 0 Å². The number of aromatic nitrogens is 3. The summed E-state index contributed by atoms with van der Waals surface area (Å²) in [6, 6.07) is 16.5. The Hall–Kier alpha value is -3.22. The lowest BCUT2D eigenvalue weighted by Gasteiger charge is -2.32. The summed E-state index contributed by atoms with van der Waals surface area (Å²) in [5, 5.41) is 3.10. The van der Waals surface area contributed by atoms with Crippen LogP contribution in [0.5, 0.6) is 0 Å². The van der Waals surface area contributed by atoms with Gasteiger partial charge in [0.05, 0.1) is 27.4 Å². The predicted octanol–water partition coefficient (Wildman–Crippen LogP) is 3.37. The summed E-state index contributed by atoms with van der Waals surface area (Å²) in [6.45, 7) is 8.29. The largest absolute Gasteiger partial charge is 0.494 e. The number of hydrogen-bond acceptors (Lipinski definition) is 4. The molecule has 1 saturated heterocycles. The Balaban J connectivity index is 1.52. The van der Waals surface area contributed by atoms with Gasteiger partial charge in [-0.15, -0.1) is 0 Å². The SMILES string of the molecule is CC1(C)OB(c2ccc(-c3nc4ccccc4c4nc5c(n34)=CCC=CC=5)cc2)OC1(C)C. The second-order valence-corrected chi connectivity index (χ2v) is 9.74. The van der Waals surface area contributed by atoms with Crippen LogP contribution in [-0.4, -0.2) is 32.7 Å². The van der Waals surface area contributed by atoms with Gasteiger partial charge < -0.3 is 9.31 Å². The van der Waals surface area contributed by atoms with Crippen LogP contribution in [-0.2, 0) is 9.31 Å². The van der Waals surface area contributed by atoms with Gasteiger partial charge in [-0.25, -0.2) is 9.97 Å². The molecule has 2 aliphatic rings. The normalized spacial score (nSPS) is 18.7. The molecule has 2 aromatic heterocycles. The van der Waals surface area contributed by atoms with Crippen molar-refractivity contribution in [2.24, 2.45) is 0 Å². The Morgan fingerprint density at radius 2 is 1.64 bits per heavy atom. The van der Waals surface area contributed by atoms with E-state index in [0.717, 1.165) is 50.5 Å². The Bertz CT molecular complexity index is 1530. The van der Waals surface area contributed by atoms with Crippen molar-refractivity contribution in [2.75, 3.05) is 0 Å². The number of hydrogen-bond donors (Lipinski definition) is 0. The molecule has 0 atom stereocenters. The summed E-state index contributed by atoms with van der Waals surface area (Å²) in [4.78, 5) is 10.0. The van der Waals surface area contributed by atoms with E-state index in [9.17, 15) is 0 Å². The summed E-state index contributed by atoms with van der Waals surface area (Å²) in [6.07, 6.45) is 9.37. The van der Waals surface area contributed by atoms with E-state index in [-0.39, 0.29) is 18.3 Å². The Morgan fingerprint density at radius 1 is 0.909 bits per heavy atom. The van der Waals surface area contributed by atoms with Gasteiger partial charge in [0.1, 0.15) is 11.5 Å². The number of nitrogens with zero attached hydrogens (tertiary/aromatic N) is 3. The van der Waals surface area contributed by atoms with Crippen molar-refractivity contribution < 1.29 is 9.31 Å². The highest BCUT2D eigenvalue weighted by Gasteiger charge is 2.51. The van der Waals surface area contributed by atoms with E-state index in [4.69, 9.17) is 19.3 Å². The number of allylic oxidation sites excluding steroid dienone is 2. The van der Waals surface area contributed by atoms with Gasteiger partial charge in [-0.1, -0.05) is 54.6 Å². The first-order valence-electron chi connectivity index (χ1n) is 11.4. The van der Waals surface area contributed by atoms with Crippen LogP contribution in [0.2, 0.25) is 0 Å². The molecular weight excluding hydrogens is 409 g/mol. The fourth-order valence-electron chi connectivity index (χ4n) is 4.47. The quantitative estimate of drug-likeness (QED) is 0.453. The van der Waals surface area contributed by atoms with Crippen LogP contribution in [0.4, 0.5) is 0 Å². The minimum atomic E-state index is -0.382. The van der Waals surface area contributed by atoms with E-state index in [1.165, 1.54) is 0 Å². The number of imidazole rings is 1. The molecule has 0 amide bonds. The molecular formula is C27H26BN3O2. The molecule has 4 aromatic rings. The third kappa shape index (κ3) is 3.16. The predicted molar refractivity (Wildman–Crippen MR) is 134 cm³/mol. The van der Waals surface area contributed by atoms with Gasteiger partial charge >= 0.3 is 7.12 Å². The maximum absolute atomic E-state index is 6.23. The third-order valence-electron chi connectivity index (χ3n) is 7.06. The van der Waals surface area contributed by atoms with Crippen molar-refractivity contribution in [1.82, 2.24) is 14.4 Å². The highest BCUT2D eigenvalue weighted by Crippen LogP contribution is 2.36. The minimum absolute atomic E-state index is 0.364. The third-order valence-corrected chi connectivity index (χ3v) is 7.06. The van der Waals surface area contributed by atoms with Crippen molar-refractivity contribution in [3.63, 3.8) is 0 Å². The molecule has 1 fully saturated rings. The number of fused-ring (bicyclic) bond motifs is 5. The topological polar surface area (TPSA) is 48.7 Å². The first-order valence-corrected chi connectivity index (χ1v) is 11.4. The van der Waals surface area contributed by atoms with Crippen molar-refractivity contribution in [1.29, 1.82) is 0 Å². The number of benzene rings is 2. The van der Waals surface area contributed by atoms with E-state index in [2.05, 4.69) is 86.7 Å². The molecule has 5 nitrogen and oxygen atoms in total. The van der Waals surface area contributed by atoms with E-state index in [1.807, 2.05) is 18.2 Å². The van der Waals surface area contributed by atoms with Gasteiger partial charge in [0.15, 0.2) is 0 Å². The van der Waals surface area contributed by atoms with Crippen LogP contribution < -0.4 is 16.2 Å². The van der Waals surface area contributed by atoms with E-state index in [0.29, 0.717) is 0 Å². The lowest BCUT2D eigenvalue weighted by molar-refractivity contribution is 0.00578. The van der Waals surface area contributed by atoms with E-state index in [1.54, 1.807) is 0 Å². The molecule has 164 valence electrons. The maximum Gasteiger partial charge on any atom is 0.494 e.